The first-order valence-electron chi connectivity index (χ1n) is 7.61. The SMILES string of the molecule is COC(=O)c1ccc(NC(=O)C(C)(C)C(=O)NCCN(C)C)cc1. The molecule has 1 rings (SSSR count). The van der Waals surface area contributed by atoms with E-state index in [1.807, 2.05) is 19.0 Å². The molecule has 0 unspecified atom stereocenters. The van der Waals surface area contributed by atoms with Crippen LogP contribution in [0.25, 0.3) is 0 Å². The highest BCUT2D eigenvalue weighted by molar-refractivity contribution is 6.09. The van der Waals surface area contributed by atoms with Gasteiger partial charge in [0.25, 0.3) is 0 Å². The van der Waals surface area contributed by atoms with E-state index in [4.69, 9.17) is 0 Å². The van der Waals surface area contributed by atoms with Crippen molar-refractivity contribution in [1.82, 2.24) is 10.2 Å². The number of hydrogen-bond acceptors (Lipinski definition) is 5. The number of methoxy groups -OCH3 is 1. The van der Waals surface area contributed by atoms with E-state index in [2.05, 4.69) is 15.4 Å². The first kappa shape index (κ1) is 19.6. The molecule has 2 amide bonds. The van der Waals surface area contributed by atoms with E-state index >= 15 is 0 Å². The minimum Gasteiger partial charge on any atom is -0.465 e. The van der Waals surface area contributed by atoms with E-state index in [1.165, 1.54) is 7.11 Å². The molecule has 132 valence electrons. The number of esters is 1. The average molecular weight is 335 g/mol. The second-order valence-electron chi connectivity index (χ2n) is 6.21. The van der Waals surface area contributed by atoms with Crippen LogP contribution in [0.3, 0.4) is 0 Å². The van der Waals surface area contributed by atoms with Crippen molar-refractivity contribution in [3.05, 3.63) is 29.8 Å². The lowest BCUT2D eigenvalue weighted by molar-refractivity contribution is -0.138. The zero-order chi connectivity index (χ0) is 18.3. The Kier molecular flexibility index (Phi) is 6.91. The Bertz CT molecular complexity index is 594. The number of carbonyl (C=O) groups excluding carboxylic acids is 3. The minimum absolute atomic E-state index is 0.340. The fraction of sp³-hybridized carbons (Fsp3) is 0.471. The van der Waals surface area contributed by atoms with Crippen LogP contribution in [0.15, 0.2) is 24.3 Å². The van der Waals surface area contributed by atoms with Gasteiger partial charge in [0.1, 0.15) is 5.41 Å². The summed E-state index contributed by atoms with van der Waals surface area (Å²) < 4.78 is 4.61. The zero-order valence-electron chi connectivity index (χ0n) is 14.8. The molecule has 1 aromatic rings. The Morgan fingerprint density at radius 3 is 2.17 bits per heavy atom. The molecule has 0 aliphatic heterocycles. The molecule has 0 saturated heterocycles. The molecule has 24 heavy (non-hydrogen) atoms. The molecule has 7 heteroatoms. The lowest BCUT2D eigenvalue weighted by atomic mass is 9.91. The molecule has 0 fully saturated rings. The monoisotopic (exact) mass is 335 g/mol. The highest BCUT2D eigenvalue weighted by Crippen LogP contribution is 2.19. The first-order valence-corrected chi connectivity index (χ1v) is 7.61. The molecule has 0 heterocycles. The molecule has 0 saturated carbocycles. The van der Waals surface area contributed by atoms with E-state index in [0.29, 0.717) is 24.3 Å². The van der Waals surface area contributed by atoms with Crippen molar-refractivity contribution in [3.63, 3.8) is 0 Å². The van der Waals surface area contributed by atoms with E-state index in [1.54, 1.807) is 38.1 Å². The van der Waals surface area contributed by atoms with Crippen molar-refractivity contribution in [3.8, 4) is 0 Å². The molecule has 0 radical (unpaired) electrons. The lowest BCUT2D eigenvalue weighted by Gasteiger charge is -2.23. The van der Waals surface area contributed by atoms with Gasteiger partial charge >= 0.3 is 5.97 Å². The van der Waals surface area contributed by atoms with Gasteiger partial charge in [0.05, 0.1) is 12.7 Å². The summed E-state index contributed by atoms with van der Waals surface area (Å²) in [5, 5.41) is 5.43. The number of anilines is 1. The van der Waals surface area contributed by atoms with Crippen molar-refractivity contribution < 1.29 is 19.1 Å². The third-order valence-electron chi connectivity index (χ3n) is 3.54. The standard InChI is InChI=1S/C17H25N3O4/c1-17(2,15(22)18-10-11-20(3)4)16(23)19-13-8-6-12(7-9-13)14(21)24-5/h6-9H,10-11H2,1-5H3,(H,18,22)(H,19,23). The molecule has 0 aromatic heterocycles. The summed E-state index contributed by atoms with van der Waals surface area (Å²) in [5.74, 6) is -1.21. The van der Waals surface area contributed by atoms with Crippen LogP contribution in [0.4, 0.5) is 5.69 Å². The molecule has 7 nitrogen and oxygen atoms in total. The molecule has 2 N–H and O–H groups in total. The third kappa shape index (κ3) is 5.34. The van der Waals surface area contributed by atoms with Crippen molar-refractivity contribution >= 4 is 23.5 Å². The van der Waals surface area contributed by atoms with Gasteiger partial charge in [-0.2, -0.15) is 0 Å². The minimum atomic E-state index is -1.21. The summed E-state index contributed by atoms with van der Waals surface area (Å²) in [5.41, 5.74) is -0.328. The smallest absolute Gasteiger partial charge is 0.337 e. The normalized spacial score (nSPS) is 11.1. The number of nitrogens with one attached hydrogen (secondary N) is 2. The van der Waals surface area contributed by atoms with Crippen LogP contribution in [-0.2, 0) is 14.3 Å². The fourth-order valence-corrected chi connectivity index (χ4v) is 1.81. The summed E-state index contributed by atoms with van der Waals surface area (Å²) in [7, 11) is 5.11. The summed E-state index contributed by atoms with van der Waals surface area (Å²) in [6, 6.07) is 6.27. The molecule has 0 bridgehead atoms. The van der Waals surface area contributed by atoms with Crippen LogP contribution >= 0.6 is 0 Å². The van der Waals surface area contributed by atoms with Crippen LogP contribution in [0.5, 0.6) is 0 Å². The van der Waals surface area contributed by atoms with Crippen LogP contribution in [-0.4, -0.2) is 57.0 Å². The Morgan fingerprint density at radius 2 is 1.67 bits per heavy atom. The maximum atomic E-state index is 12.4. The largest absolute Gasteiger partial charge is 0.465 e. The molecule has 0 aliphatic carbocycles. The summed E-state index contributed by atoms with van der Waals surface area (Å²) in [6.07, 6.45) is 0. The van der Waals surface area contributed by atoms with Crippen LogP contribution in [0.1, 0.15) is 24.2 Å². The molecular weight excluding hydrogens is 310 g/mol. The van der Waals surface area contributed by atoms with Gasteiger partial charge in [-0.25, -0.2) is 4.79 Å². The summed E-state index contributed by atoms with van der Waals surface area (Å²) in [6.45, 7) is 4.29. The van der Waals surface area contributed by atoms with Gasteiger partial charge in [0, 0.05) is 18.8 Å². The predicted octanol–water partition coefficient (Wildman–Crippen LogP) is 1.12. The maximum absolute atomic E-state index is 12.4. The van der Waals surface area contributed by atoms with E-state index < -0.39 is 17.3 Å². The van der Waals surface area contributed by atoms with Crippen LogP contribution in [0.2, 0.25) is 0 Å². The number of nitrogens with zero attached hydrogens (tertiary/aromatic N) is 1. The van der Waals surface area contributed by atoms with E-state index in [0.717, 1.165) is 0 Å². The van der Waals surface area contributed by atoms with Crippen molar-refractivity contribution in [2.45, 2.75) is 13.8 Å². The van der Waals surface area contributed by atoms with Gasteiger partial charge < -0.3 is 20.3 Å². The number of ether oxygens (including phenoxy) is 1. The zero-order valence-corrected chi connectivity index (χ0v) is 14.8. The van der Waals surface area contributed by atoms with Crippen molar-refractivity contribution in [2.24, 2.45) is 5.41 Å². The highest BCUT2D eigenvalue weighted by Gasteiger charge is 2.35. The topological polar surface area (TPSA) is 87.7 Å². The van der Waals surface area contributed by atoms with Crippen molar-refractivity contribution in [1.29, 1.82) is 0 Å². The number of rotatable bonds is 7. The molecular formula is C17H25N3O4. The molecule has 0 spiro atoms. The average Bonchev–Trinajstić information content (AvgIpc) is 2.54. The Hall–Kier alpha value is -2.41. The maximum Gasteiger partial charge on any atom is 0.337 e. The summed E-state index contributed by atoms with van der Waals surface area (Å²) in [4.78, 5) is 37.9. The van der Waals surface area contributed by atoms with Gasteiger partial charge in [-0.1, -0.05) is 0 Å². The van der Waals surface area contributed by atoms with Crippen LogP contribution in [0, 0.1) is 5.41 Å². The highest BCUT2D eigenvalue weighted by atomic mass is 16.5. The predicted molar refractivity (Wildman–Crippen MR) is 91.8 cm³/mol. The fourth-order valence-electron chi connectivity index (χ4n) is 1.81. The Balaban J connectivity index is 2.67. The lowest BCUT2D eigenvalue weighted by Crippen LogP contribution is -2.46. The quantitative estimate of drug-likeness (QED) is 0.576. The second kappa shape index (κ2) is 8.44. The van der Waals surface area contributed by atoms with E-state index in [9.17, 15) is 14.4 Å². The Labute approximate surface area is 142 Å². The second-order valence-corrected chi connectivity index (χ2v) is 6.21. The van der Waals surface area contributed by atoms with Gasteiger partial charge in [-0.15, -0.1) is 0 Å². The van der Waals surface area contributed by atoms with Gasteiger partial charge in [-0.3, -0.25) is 9.59 Å². The number of carbonyl (C=O) groups is 3. The molecule has 0 aliphatic rings. The van der Waals surface area contributed by atoms with Crippen LogP contribution < -0.4 is 10.6 Å². The molecule has 0 atom stereocenters. The number of hydrogen-bond donors (Lipinski definition) is 2. The van der Waals surface area contributed by atoms with Crippen molar-refractivity contribution in [2.75, 3.05) is 39.6 Å². The number of benzene rings is 1. The Morgan fingerprint density at radius 1 is 1.08 bits per heavy atom. The number of likely N-dealkylation sites (N-methyl/N-ethyl adjacent to an activating group) is 1. The number of amides is 2. The third-order valence-corrected chi connectivity index (χ3v) is 3.54. The van der Waals surface area contributed by atoms with Gasteiger partial charge in [-0.05, 0) is 52.2 Å². The van der Waals surface area contributed by atoms with Gasteiger partial charge in [0.2, 0.25) is 11.8 Å². The first-order chi connectivity index (χ1) is 11.2. The summed E-state index contributed by atoms with van der Waals surface area (Å²) >= 11 is 0. The molecule has 1 aromatic carbocycles. The van der Waals surface area contributed by atoms with Gasteiger partial charge in [0.15, 0.2) is 0 Å². The van der Waals surface area contributed by atoms with E-state index in [-0.39, 0.29) is 5.91 Å².